The van der Waals surface area contributed by atoms with Crippen LogP contribution in [0.2, 0.25) is 0 Å². The number of carbonyl (C=O) groups is 1. The topological polar surface area (TPSA) is 92.8 Å². The molecule has 1 unspecified atom stereocenters. The molecule has 2 fully saturated rings. The summed E-state index contributed by atoms with van der Waals surface area (Å²) in [6, 6.07) is 22.8. The van der Waals surface area contributed by atoms with E-state index in [9.17, 15) is 9.59 Å². The van der Waals surface area contributed by atoms with Crippen LogP contribution in [0.15, 0.2) is 83.8 Å². The SMILES string of the molecule is NC1CCN(c2c(F)cc3c(=O)c(C(=O)N4CCC[C@H]4CNc4ccccc4)cn4c3c2Oc2cc3ccccc3cc2-4)C1. The quantitative estimate of drug-likeness (QED) is 0.270. The second-order valence-electron chi connectivity index (χ2n) is 12.0. The van der Waals surface area contributed by atoms with E-state index in [0.717, 1.165) is 35.7 Å². The Kier molecular flexibility index (Phi) is 6.30. The number of amides is 1. The first-order valence-electron chi connectivity index (χ1n) is 15.2. The van der Waals surface area contributed by atoms with Gasteiger partial charge in [-0.25, -0.2) is 4.39 Å². The van der Waals surface area contributed by atoms with E-state index in [2.05, 4.69) is 5.32 Å². The normalized spacial score (nSPS) is 19.0. The molecule has 0 spiro atoms. The Morgan fingerprint density at radius 2 is 1.77 bits per heavy atom. The number of para-hydroxylation sites is 1. The van der Waals surface area contributed by atoms with Gasteiger partial charge in [0.15, 0.2) is 17.3 Å². The first-order valence-corrected chi connectivity index (χ1v) is 15.2. The highest BCUT2D eigenvalue weighted by Crippen LogP contribution is 2.48. The molecule has 4 heterocycles. The van der Waals surface area contributed by atoms with Gasteiger partial charge in [0.25, 0.3) is 5.91 Å². The number of hydrogen-bond donors (Lipinski definition) is 2. The lowest BCUT2D eigenvalue weighted by molar-refractivity contribution is 0.0742. The second kappa shape index (κ2) is 10.4. The average molecular weight is 590 g/mol. The van der Waals surface area contributed by atoms with Crippen LogP contribution >= 0.6 is 0 Å². The van der Waals surface area contributed by atoms with Crippen LogP contribution in [0.1, 0.15) is 29.6 Å². The Bertz CT molecular complexity index is 2010. The highest BCUT2D eigenvalue weighted by molar-refractivity contribution is 6.02. The molecule has 1 amide bonds. The Morgan fingerprint density at radius 3 is 2.55 bits per heavy atom. The van der Waals surface area contributed by atoms with Crippen molar-refractivity contribution in [1.82, 2.24) is 9.47 Å². The van der Waals surface area contributed by atoms with Crippen molar-refractivity contribution in [2.24, 2.45) is 5.73 Å². The maximum Gasteiger partial charge on any atom is 0.259 e. The molecule has 3 aliphatic rings. The molecule has 5 aromatic rings. The van der Waals surface area contributed by atoms with Crippen LogP contribution in [0, 0.1) is 5.82 Å². The standard InChI is InChI=1S/C35H32FN5O3/c36-28-17-26-31-34(32(28)39-14-12-23(37)19-39)44-30-16-22-8-5-4-7-21(22)15-29(30)41(31)20-27(33(26)42)35(43)40-13-6-11-25(40)18-38-24-9-2-1-3-10-24/h1-5,7-10,15-17,20,23,25,38H,6,11-14,18-19,37H2/t23?,25-/m0/s1. The smallest absolute Gasteiger partial charge is 0.259 e. The molecule has 2 saturated heterocycles. The van der Waals surface area contributed by atoms with Gasteiger partial charge in [0, 0.05) is 50.1 Å². The van der Waals surface area contributed by atoms with Crippen LogP contribution in [0.4, 0.5) is 15.8 Å². The molecule has 8 nitrogen and oxygen atoms in total. The van der Waals surface area contributed by atoms with E-state index in [-0.39, 0.29) is 34.7 Å². The molecule has 44 heavy (non-hydrogen) atoms. The molecule has 2 atom stereocenters. The number of benzene rings is 4. The van der Waals surface area contributed by atoms with Crippen LogP contribution < -0.4 is 26.1 Å². The number of nitrogens with zero attached hydrogens (tertiary/aromatic N) is 3. The van der Waals surface area contributed by atoms with E-state index in [0.29, 0.717) is 48.8 Å². The van der Waals surface area contributed by atoms with E-state index in [1.54, 1.807) is 11.1 Å². The molecule has 9 heteroatoms. The minimum Gasteiger partial charge on any atom is -0.451 e. The number of ether oxygens (including phenoxy) is 1. The van der Waals surface area contributed by atoms with Gasteiger partial charge in [0.1, 0.15) is 16.8 Å². The van der Waals surface area contributed by atoms with Crippen LogP contribution in [-0.4, -0.2) is 53.6 Å². The lowest BCUT2D eigenvalue weighted by Crippen LogP contribution is -2.41. The predicted octanol–water partition coefficient (Wildman–Crippen LogP) is 5.64. The number of pyridine rings is 1. The Hall–Kier alpha value is -4.89. The van der Waals surface area contributed by atoms with Gasteiger partial charge in [-0.15, -0.1) is 0 Å². The van der Waals surface area contributed by atoms with Crippen molar-refractivity contribution in [2.75, 3.05) is 36.4 Å². The fourth-order valence-corrected chi connectivity index (χ4v) is 6.99. The maximum absolute atomic E-state index is 16.1. The number of anilines is 2. The van der Waals surface area contributed by atoms with Crippen LogP contribution in [0.3, 0.4) is 0 Å². The molecule has 0 bridgehead atoms. The molecule has 0 radical (unpaired) electrons. The van der Waals surface area contributed by atoms with E-state index in [1.165, 1.54) is 6.07 Å². The number of hydrogen-bond acceptors (Lipinski definition) is 6. The highest BCUT2D eigenvalue weighted by atomic mass is 19.1. The molecular weight excluding hydrogens is 557 g/mol. The van der Waals surface area contributed by atoms with Crippen molar-refractivity contribution < 1.29 is 13.9 Å². The number of halogens is 1. The Labute approximate surface area is 253 Å². The fraction of sp³-hybridized carbons (Fsp3) is 0.257. The fourth-order valence-electron chi connectivity index (χ4n) is 6.99. The third kappa shape index (κ3) is 4.30. The third-order valence-corrected chi connectivity index (χ3v) is 9.19. The van der Waals surface area contributed by atoms with Crippen molar-refractivity contribution in [2.45, 2.75) is 31.3 Å². The largest absolute Gasteiger partial charge is 0.451 e. The van der Waals surface area contributed by atoms with Crippen molar-refractivity contribution in [3.63, 3.8) is 0 Å². The predicted molar refractivity (Wildman–Crippen MR) is 171 cm³/mol. The first-order chi connectivity index (χ1) is 21.5. The summed E-state index contributed by atoms with van der Waals surface area (Å²) in [5.41, 5.74) is 8.13. The second-order valence-corrected chi connectivity index (χ2v) is 12.0. The zero-order valence-electron chi connectivity index (χ0n) is 24.1. The number of aromatic nitrogens is 1. The van der Waals surface area contributed by atoms with Gasteiger partial charge >= 0.3 is 0 Å². The average Bonchev–Trinajstić information content (AvgIpc) is 3.69. The summed E-state index contributed by atoms with van der Waals surface area (Å²) >= 11 is 0. The molecular formula is C35H32FN5O3. The summed E-state index contributed by atoms with van der Waals surface area (Å²) in [6.07, 6.45) is 4.03. The van der Waals surface area contributed by atoms with Crippen LogP contribution in [-0.2, 0) is 0 Å². The van der Waals surface area contributed by atoms with Crippen LogP contribution in [0.5, 0.6) is 11.5 Å². The lowest BCUT2D eigenvalue weighted by Gasteiger charge is -2.30. The lowest BCUT2D eigenvalue weighted by atomic mass is 10.0. The molecule has 8 rings (SSSR count). The van der Waals surface area contributed by atoms with Gasteiger partial charge in [-0.05, 0) is 60.4 Å². The number of nitrogens with two attached hydrogens (primary N) is 1. The minimum absolute atomic E-state index is 0.0198. The van der Waals surface area contributed by atoms with E-state index < -0.39 is 11.2 Å². The minimum atomic E-state index is -0.565. The number of rotatable bonds is 5. The summed E-state index contributed by atoms with van der Waals surface area (Å²) in [6.45, 7) is 2.19. The highest BCUT2D eigenvalue weighted by Gasteiger charge is 2.35. The summed E-state index contributed by atoms with van der Waals surface area (Å²) in [7, 11) is 0. The Balaban J connectivity index is 1.28. The molecule has 4 aromatic carbocycles. The molecule has 3 N–H and O–H groups in total. The first kappa shape index (κ1) is 26.7. The number of nitrogens with one attached hydrogen (secondary N) is 1. The zero-order valence-corrected chi connectivity index (χ0v) is 24.1. The van der Waals surface area contributed by atoms with Gasteiger partial charge in [0.05, 0.1) is 11.1 Å². The van der Waals surface area contributed by atoms with Crippen molar-refractivity contribution in [1.29, 1.82) is 0 Å². The molecule has 222 valence electrons. The van der Waals surface area contributed by atoms with Gasteiger partial charge in [0.2, 0.25) is 5.43 Å². The summed E-state index contributed by atoms with van der Waals surface area (Å²) in [5, 5.41) is 5.49. The molecule has 3 aliphatic heterocycles. The van der Waals surface area contributed by atoms with Gasteiger partial charge in [-0.1, -0.05) is 42.5 Å². The third-order valence-electron chi connectivity index (χ3n) is 9.19. The number of carbonyl (C=O) groups excluding carboxylic acids is 1. The zero-order chi connectivity index (χ0) is 29.9. The monoisotopic (exact) mass is 589 g/mol. The summed E-state index contributed by atoms with van der Waals surface area (Å²) in [4.78, 5) is 31.9. The van der Waals surface area contributed by atoms with E-state index in [4.69, 9.17) is 10.5 Å². The summed E-state index contributed by atoms with van der Waals surface area (Å²) < 4.78 is 24.4. The van der Waals surface area contributed by atoms with Crippen LogP contribution in [0.25, 0.3) is 27.4 Å². The summed E-state index contributed by atoms with van der Waals surface area (Å²) in [5.74, 6) is -0.103. The van der Waals surface area contributed by atoms with Crippen molar-refractivity contribution in [3.05, 3.63) is 101 Å². The van der Waals surface area contributed by atoms with Gasteiger partial charge < -0.3 is 30.2 Å². The van der Waals surface area contributed by atoms with Crippen molar-refractivity contribution >= 4 is 39.0 Å². The number of fused-ring (bicyclic) bond motifs is 3. The Morgan fingerprint density at radius 1 is 1.00 bits per heavy atom. The molecule has 0 aliphatic carbocycles. The number of likely N-dealkylation sites (tertiary alicyclic amines) is 1. The van der Waals surface area contributed by atoms with E-state index >= 15 is 4.39 Å². The maximum atomic E-state index is 16.1. The molecule has 1 aromatic heterocycles. The van der Waals surface area contributed by atoms with Gasteiger partial charge in [-0.2, -0.15) is 0 Å². The van der Waals surface area contributed by atoms with Crippen molar-refractivity contribution in [3.8, 4) is 17.2 Å². The van der Waals surface area contributed by atoms with E-state index in [1.807, 2.05) is 76.2 Å². The van der Waals surface area contributed by atoms with Gasteiger partial charge in [-0.3, -0.25) is 9.59 Å². The molecule has 0 saturated carbocycles.